The number of nitrogens with two attached hydrogens (primary N) is 1. The lowest BCUT2D eigenvalue weighted by Gasteiger charge is -2.33. The van der Waals surface area contributed by atoms with Crippen molar-refractivity contribution in [1.82, 2.24) is 4.90 Å². The SMILES string of the molecule is CC1CCN(C)C(ON)C1. The van der Waals surface area contributed by atoms with Crippen LogP contribution in [0.4, 0.5) is 0 Å². The summed E-state index contributed by atoms with van der Waals surface area (Å²) < 4.78 is 0. The summed E-state index contributed by atoms with van der Waals surface area (Å²) in [6.07, 6.45) is 2.47. The van der Waals surface area contributed by atoms with Crippen molar-refractivity contribution in [2.75, 3.05) is 13.6 Å². The van der Waals surface area contributed by atoms with E-state index in [1.165, 1.54) is 6.42 Å². The summed E-state index contributed by atoms with van der Waals surface area (Å²) in [5, 5.41) is 0. The van der Waals surface area contributed by atoms with Gasteiger partial charge in [-0.2, -0.15) is 0 Å². The average Bonchev–Trinajstić information content (AvgIpc) is 1.94. The minimum atomic E-state index is 0.142. The van der Waals surface area contributed by atoms with Crippen molar-refractivity contribution in [3.63, 3.8) is 0 Å². The Labute approximate surface area is 62.1 Å². The van der Waals surface area contributed by atoms with Crippen LogP contribution in [-0.4, -0.2) is 24.7 Å². The van der Waals surface area contributed by atoms with Crippen LogP contribution in [0.25, 0.3) is 0 Å². The van der Waals surface area contributed by atoms with Gasteiger partial charge in [0.05, 0.1) is 0 Å². The number of rotatable bonds is 1. The molecule has 2 unspecified atom stereocenters. The highest BCUT2D eigenvalue weighted by molar-refractivity contribution is 4.70. The Kier molecular flexibility index (Phi) is 2.65. The summed E-state index contributed by atoms with van der Waals surface area (Å²) in [7, 11) is 2.05. The zero-order chi connectivity index (χ0) is 7.56. The van der Waals surface area contributed by atoms with Gasteiger partial charge in [0.15, 0.2) is 0 Å². The van der Waals surface area contributed by atoms with E-state index in [9.17, 15) is 0 Å². The molecule has 0 aromatic carbocycles. The van der Waals surface area contributed by atoms with Crippen molar-refractivity contribution >= 4 is 0 Å². The Morgan fingerprint density at radius 1 is 1.60 bits per heavy atom. The molecule has 0 amide bonds. The Morgan fingerprint density at radius 2 is 2.30 bits per heavy atom. The quantitative estimate of drug-likeness (QED) is 0.547. The summed E-state index contributed by atoms with van der Waals surface area (Å²) >= 11 is 0. The van der Waals surface area contributed by atoms with Crippen molar-refractivity contribution in [1.29, 1.82) is 0 Å². The van der Waals surface area contributed by atoms with Crippen LogP contribution in [-0.2, 0) is 4.84 Å². The van der Waals surface area contributed by atoms with Gasteiger partial charge >= 0.3 is 0 Å². The lowest BCUT2D eigenvalue weighted by molar-refractivity contribution is -0.0813. The Bertz CT molecular complexity index is 108. The largest absolute Gasteiger partial charge is 0.286 e. The number of hydrogen-bond acceptors (Lipinski definition) is 3. The highest BCUT2D eigenvalue weighted by Crippen LogP contribution is 2.20. The van der Waals surface area contributed by atoms with E-state index in [0.29, 0.717) is 0 Å². The molecule has 0 aromatic rings. The number of hydrogen-bond donors (Lipinski definition) is 1. The second-order valence-corrected chi connectivity index (χ2v) is 3.20. The lowest BCUT2D eigenvalue weighted by Crippen LogP contribution is -2.42. The van der Waals surface area contributed by atoms with Gasteiger partial charge in [0.2, 0.25) is 0 Å². The fraction of sp³-hybridized carbons (Fsp3) is 1.00. The normalized spacial score (nSPS) is 36.3. The molecule has 3 heteroatoms. The molecule has 2 atom stereocenters. The first-order valence-corrected chi connectivity index (χ1v) is 3.80. The van der Waals surface area contributed by atoms with Crippen molar-refractivity contribution in [3.05, 3.63) is 0 Å². The molecule has 0 radical (unpaired) electrons. The summed E-state index contributed by atoms with van der Waals surface area (Å²) in [4.78, 5) is 6.95. The Hall–Kier alpha value is -0.120. The molecule has 2 N–H and O–H groups in total. The third-order valence-electron chi connectivity index (χ3n) is 2.23. The minimum Gasteiger partial charge on any atom is -0.286 e. The molecule has 0 aromatic heterocycles. The van der Waals surface area contributed by atoms with Crippen LogP contribution in [0.3, 0.4) is 0 Å². The average molecular weight is 144 g/mol. The fourth-order valence-electron chi connectivity index (χ4n) is 1.37. The van der Waals surface area contributed by atoms with E-state index in [1.54, 1.807) is 0 Å². The summed E-state index contributed by atoms with van der Waals surface area (Å²) in [5.41, 5.74) is 0. The molecule has 60 valence electrons. The fourth-order valence-corrected chi connectivity index (χ4v) is 1.37. The zero-order valence-electron chi connectivity index (χ0n) is 6.71. The third kappa shape index (κ3) is 1.68. The van der Waals surface area contributed by atoms with Crippen LogP contribution < -0.4 is 5.90 Å². The smallest absolute Gasteiger partial charge is 0.131 e. The second kappa shape index (κ2) is 3.32. The van der Waals surface area contributed by atoms with E-state index in [4.69, 9.17) is 10.7 Å². The maximum atomic E-state index is 5.11. The number of piperidine rings is 1. The first kappa shape index (κ1) is 7.98. The first-order valence-electron chi connectivity index (χ1n) is 3.80. The maximum absolute atomic E-state index is 5.11. The number of likely N-dealkylation sites (tertiary alicyclic amines) is 1. The molecular formula is C7H16N2O. The molecule has 10 heavy (non-hydrogen) atoms. The Morgan fingerprint density at radius 3 is 2.80 bits per heavy atom. The number of nitrogens with zero attached hydrogens (tertiary/aromatic N) is 1. The van der Waals surface area contributed by atoms with Crippen molar-refractivity contribution in [2.45, 2.75) is 26.0 Å². The molecule has 0 bridgehead atoms. The molecule has 0 saturated carbocycles. The van der Waals surface area contributed by atoms with Crippen LogP contribution in [0.15, 0.2) is 0 Å². The third-order valence-corrected chi connectivity index (χ3v) is 2.23. The maximum Gasteiger partial charge on any atom is 0.131 e. The van der Waals surface area contributed by atoms with Crippen LogP contribution in [0.2, 0.25) is 0 Å². The van der Waals surface area contributed by atoms with Crippen LogP contribution in [0.5, 0.6) is 0 Å². The Balaban J connectivity index is 2.38. The topological polar surface area (TPSA) is 38.5 Å². The van der Waals surface area contributed by atoms with E-state index in [-0.39, 0.29) is 6.23 Å². The van der Waals surface area contributed by atoms with Crippen LogP contribution >= 0.6 is 0 Å². The monoisotopic (exact) mass is 144 g/mol. The standard InChI is InChI=1S/C7H16N2O/c1-6-3-4-9(2)7(5-6)10-8/h6-7H,3-5,8H2,1-2H3. The molecule has 1 aliphatic heterocycles. The van der Waals surface area contributed by atoms with Gasteiger partial charge in [-0.05, 0) is 25.8 Å². The summed E-state index contributed by atoms with van der Waals surface area (Å²) in [5.74, 6) is 5.87. The minimum absolute atomic E-state index is 0.142. The summed E-state index contributed by atoms with van der Waals surface area (Å²) in [6.45, 7) is 3.34. The van der Waals surface area contributed by atoms with Gasteiger partial charge in [0, 0.05) is 6.54 Å². The molecule has 0 aliphatic carbocycles. The highest BCUT2D eigenvalue weighted by Gasteiger charge is 2.22. The molecule has 1 rings (SSSR count). The predicted molar refractivity (Wildman–Crippen MR) is 40.1 cm³/mol. The second-order valence-electron chi connectivity index (χ2n) is 3.20. The lowest BCUT2D eigenvalue weighted by atomic mass is 9.98. The van der Waals surface area contributed by atoms with Gasteiger partial charge in [-0.25, -0.2) is 5.90 Å². The predicted octanol–water partition coefficient (Wildman–Crippen LogP) is 0.564. The molecule has 3 nitrogen and oxygen atoms in total. The van der Waals surface area contributed by atoms with Gasteiger partial charge in [-0.3, -0.25) is 9.74 Å². The van der Waals surface area contributed by atoms with Crippen molar-refractivity contribution in [2.24, 2.45) is 11.8 Å². The molecule has 1 saturated heterocycles. The molecular weight excluding hydrogens is 128 g/mol. The molecule has 1 heterocycles. The molecule has 1 aliphatic rings. The summed E-state index contributed by atoms with van der Waals surface area (Å²) in [6, 6.07) is 0. The van der Waals surface area contributed by atoms with E-state index >= 15 is 0 Å². The van der Waals surface area contributed by atoms with Crippen molar-refractivity contribution < 1.29 is 4.84 Å². The van der Waals surface area contributed by atoms with E-state index in [2.05, 4.69) is 11.8 Å². The zero-order valence-corrected chi connectivity index (χ0v) is 6.71. The van der Waals surface area contributed by atoms with Gasteiger partial charge < -0.3 is 0 Å². The van der Waals surface area contributed by atoms with Gasteiger partial charge in [0.25, 0.3) is 0 Å². The van der Waals surface area contributed by atoms with Gasteiger partial charge in [-0.1, -0.05) is 6.92 Å². The van der Waals surface area contributed by atoms with E-state index in [0.717, 1.165) is 18.9 Å². The highest BCUT2D eigenvalue weighted by atomic mass is 16.6. The van der Waals surface area contributed by atoms with Gasteiger partial charge in [-0.15, -0.1) is 0 Å². The van der Waals surface area contributed by atoms with E-state index < -0.39 is 0 Å². The molecule has 1 fully saturated rings. The van der Waals surface area contributed by atoms with E-state index in [1.807, 2.05) is 7.05 Å². The van der Waals surface area contributed by atoms with Crippen molar-refractivity contribution in [3.8, 4) is 0 Å². The molecule has 0 spiro atoms. The van der Waals surface area contributed by atoms with Crippen LogP contribution in [0, 0.1) is 5.92 Å². The first-order chi connectivity index (χ1) is 4.74. The van der Waals surface area contributed by atoms with Crippen LogP contribution in [0.1, 0.15) is 19.8 Å². The van der Waals surface area contributed by atoms with Gasteiger partial charge in [0.1, 0.15) is 6.23 Å².